The molecular formula is C12H10ClN3OS. The Morgan fingerprint density at radius 1 is 1.44 bits per heavy atom. The highest BCUT2D eigenvalue weighted by molar-refractivity contribution is 7.15. The number of nitrogens with two attached hydrogens (primary N) is 1. The van der Waals surface area contributed by atoms with E-state index in [0.29, 0.717) is 23.1 Å². The molecule has 2 heterocycles. The van der Waals surface area contributed by atoms with Crippen LogP contribution in [-0.4, -0.2) is 9.38 Å². The summed E-state index contributed by atoms with van der Waals surface area (Å²) in [5, 5.41) is 2.53. The number of imidazole rings is 1. The SMILES string of the molecule is Nc1ccc(Cl)c(OCc2cn3ccsc3n2)c1. The second-order valence-electron chi connectivity index (χ2n) is 3.80. The van der Waals surface area contributed by atoms with E-state index < -0.39 is 0 Å². The predicted octanol–water partition coefficient (Wildman–Crippen LogP) is 3.21. The molecule has 0 amide bonds. The zero-order valence-corrected chi connectivity index (χ0v) is 10.9. The molecule has 0 aliphatic rings. The summed E-state index contributed by atoms with van der Waals surface area (Å²) in [6.07, 6.45) is 3.90. The van der Waals surface area contributed by atoms with Crippen molar-refractivity contribution in [1.29, 1.82) is 0 Å². The molecule has 1 aromatic carbocycles. The molecule has 6 heteroatoms. The fraction of sp³-hybridized carbons (Fsp3) is 0.0833. The standard InChI is InChI=1S/C12H10ClN3OS/c13-10-2-1-8(14)5-11(10)17-7-9-6-16-3-4-18-12(16)15-9/h1-6H,7,14H2. The predicted molar refractivity (Wildman–Crippen MR) is 73.3 cm³/mol. The third-order valence-electron chi connectivity index (χ3n) is 2.47. The normalized spacial score (nSPS) is 10.9. The lowest BCUT2D eigenvalue weighted by Gasteiger charge is -2.06. The number of rotatable bonds is 3. The lowest BCUT2D eigenvalue weighted by molar-refractivity contribution is 0.302. The first-order valence-electron chi connectivity index (χ1n) is 5.31. The fourth-order valence-corrected chi connectivity index (χ4v) is 2.52. The van der Waals surface area contributed by atoms with Crippen LogP contribution >= 0.6 is 22.9 Å². The Hall–Kier alpha value is -1.72. The van der Waals surface area contributed by atoms with Gasteiger partial charge in [-0.15, -0.1) is 11.3 Å². The van der Waals surface area contributed by atoms with Crippen LogP contribution in [0.4, 0.5) is 5.69 Å². The first-order valence-corrected chi connectivity index (χ1v) is 6.57. The minimum atomic E-state index is 0.373. The second-order valence-corrected chi connectivity index (χ2v) is 5.08. The van der Waals surface area contributed by atoms with E-state index in [1.807, 2.05) is 22.2 Å². The number of hydrogen-bond acceptors (Lipinski definition) is 4. The smallest absolute Gasteiger partial charge is 0.193 e. The van der Waals surface area contributed by atoms with E-state index >= 15 is 0 Å². The topological polar surface area (TPSA) is 52.5 Å². The average Bonchev–Trinajstić information content (AvgIpc) is 2.90. The van der Waals surface area contributed by atoms with Crippen LogP contribution in [0, 0.1) is 0 Å². The van der Waals surface area contributed by atoms with Crippen LogP contribution in [-0.2, 0) is 6.61 Å². The molecule has 0 saturated carbocycles. The van der Waals surface area contributed by atoms with Crippen LogP contribution in [0.5, 0.6) is 5.75 Å². The van der Waals surface area contributed by atoms with E-state index in [1.54, 1.807) is 29.5 Å². The van der Waals surface area contributed by atoms with Crippen LogP contribution < -0.4 is 10.5 Å². The summed E-state index contributed by atoms with van der Waals surface area (Å²) in [6.45, 7) is 0.373. The molecule has 0 aliphatic heterocycles. The first-order chi connectivity index (χ1) is 8.72. The number of halogens is 1. The van der Waals surface area contributed by atoms with Crippen molar-refractivity contribution in [3.05, 3.63) is 46.7 Å². The average molecular weight is 280 g/mol. The summed E-state index contributed by atoms with van der Waals surface area (Å²) in [5.74, 6) is 0.577. The Labute approximate surface area is 113 Å². The van der Waals surface area contributed by atoms with Crippen molar-refractivity contribution in [2.45, 2.75) is 6.61 Å². The molecule has 2 N–H and O–H groups in total. The molecule has 3 aromatic rings. The maximum Gasteiger partial charge on any atom is 0.193 e. The number of ether oxygens (including phenoxy) is 1. The molecular weight excluding hydrogens is 270 g/mol. The van der Waals surface area contributed by atoms with Gasteiger partial charge in [0.1, 0.15) is 12.4 Å². The minimum Gasteiger partial charge on any atom is -0.486 e. The fourth-order valence-electron chi connectivity index (χ4n) is 1.63. The molecule has 0 saturated heterocycles. The van der Waals surface area contributed by atoms with Crippen molar-refractivity contribution in [2.75, 3.05) is 5.73 Å². The molecule has 0 spiro atoms. The number of anilines is 1. The van der Waals surface area contributed by atoms with Gasteiger partial charge in [0.2, 0.25) is 0 Å². The van der Waals surface area contributed by atoms with Gasteiger partial charge in [0.15, 0.2) is 4.96 Å². The van der Waals surface area contributed by atoms with Crippen molar-refractivity contribution in [3.63, 3.8) is 0 Å². The van der Waals surface area contributed by atoms with Crippen LogP contribution in [0.15, 0.2) is 36.0 Å². The highest BCUT2D eigenvalue weighted by atomic mass is 35.5. The Balaban J connectivity index is 1.77. The van der Waals surface area contributed by atoms with Gasteiger partial charge < -0.3 is 10.5 Å². The van der Waals surface area contributed by atoms with Crippen molar-refractivity contribution in [3.8, 4) is 5.75 Å². The Kier molecular flexibility index (Phi) is 2.85. The lowest BCUT2D eigenvalue weighted by Crippen LogP contribution is -1.97. The first kappa shape index (κ1) is 11.4. The van der Waals surface area contributed by atoms with Gasteiger partial charge in [-0.1, -0.05) is 11.6 Å². The number of nitrogens with zero attached hydrogens (tertiary/aromatic N) is 2. The highest BCUT2D eigenvalue weighted by Crippen LogP contribution is 2.27. The van der Waals surface area contributed by atoms with Crippen molar-refractivity contribution in [2.24, 2.45) is 0 Å². The van der Waals surface area contributed by atoms with Gasteiger partial charge in [-0.3, -0.25) is 4.40 Å². The third kappa shape index (κ3) is 2.14. The monoisotopic (exact) mass is 279 g/mol. The number of thiazole rings is 1. The van der Waals surface area contributed by atoms with Gasteiger partial charge in [0, 0.05) is 29.5 Å². The number of hydrogen-bond donors (Lipinski definition) is 1. The molecule has 0 bridgehead atoms. The Bertz CT molecular complexity index is 663. The van der Waals surface area contributed by atoms with Crippen LogP contribution in [0.1, 0.15) is 5.69 Å². The zero-order chi connectivity index (χ0) is 12.5. The van der Waals surface area contributed by atoms with Crippen LogP contribution in [0.3, 0.4) is 0 Å². The number of fused-ring (bicyclic) bond motifs is 1. The minimum absolute atomic E-state index is 0.373. The number of aromatic nitrogens is 2. The lowest BCUT2D eigenvalue weighted by atomic mass is 10.3. The molecule has 0 aliphatic carbocycles. The van der Waals surface area contributed by atoms with Gasteiger partial charge in [-0.2, -0.15) is 0 Å². The van der Waals surface area contributed by atoms with Gasteiger partial charge >= 0.3 is 0 Å². The molecule has 3 rings (SSSR count). The van der Waals surface area contributed by atoms with E-state index in [1.165, 1.54) is 0 Å². The molecule has 0 radical (unpaired) electrons. The summed E-state index contributed by atoms with van der Waals surface area (Å²) in [4.78, 5) is 5.37. The Morgan fingerprint density at radius 3 is 3.17 bits per heavy atom. The largest absolute Gasteiger partial charge is 0.486 e. The van der Waals surface area contributed by atoms with Crippen LogP contribution in [0.25, 0.3) is 4.96 Å². The van der Waals surface area contributed by atoms with Gasteiger partial charge in [-0.05, 0) is 12.1 Å². The van der Waals surface area contributed by atoms with Gasteiger partial charge in [-0.25, -0.2) is 4.98 Å². The molecule has 18 heavy (non-hydrogen) atoms. The van der Waals surface area contributed by atoms with Crippen LogP contribution in [0.2, 0.25) is 5.02 Å². The van der Waals surface area contributed by atoms with Gasteiger partial charge in [0.05, 0.1) is 10.7 Å². The third-order valence-corrected chi connectivity index (χ3v) is 3.56. The molecule has 0 atom stereocenters. The second kappa shape index (κ2) is 4.51. The summed E-state index contributed by atoms with van der Waals surface area (Å²) in [5.41, 5.74) is 7.17. The van der Waals surface area contributed by atoms with E-state index in [0.717, 1.165) is 10.7 Å². The quantitative estimate of drug-likeness (QED) is 0.749. The molecule has 0 fully saturated rings. The van der Waals surface area contributed by atoms with E-state index in [9.17, 15) is 0 Å². The van der Waals surface area contributed by atoms with Crippen molar-refractivity contribution < 1.29 is 4.74 Å². The summed E-state index contributed by atoms with van der Waals surface area (Å²) >= 11 is 7.60. The van der Waals surface area contributed by atoms with E-state index in [2.05, 4.69) is 4.98 Å². The summed E-state index contributed by atoms with van der Waals surface area (Å²) < 4.78 is 7.58. The zero-order valence-electron chi connectivity index (χ0n) is 9.34. The molecule has 92 valence electrons. The maximum absolute atomic E-state index is 6.02. The van der Waals surface area contributed by atoms with E-state index in [-0.39, 0.29) is 0 Å². The van der Waals surface area contributed by atoms with E-state index in [4.69, 9.17) is 22.1 Å². The highest BCUT2D eigenvalue weighted by Gasteiger charge is 2.06. The number of benzene rings is 1. The summed E-state index contributed by atoms with van der Waals surface area (Å²) in [6, 6.07) is 5.17. The van der Waals surface area contributed by atoms with Crippen molar-refractivity contribution >= 4 is 33.6 Å². The Morgan fingerprint density at radius 2 is 2.33 bits per heavy atom. The molecule has 4 nitrogen and oxygen atoms in total. The molecule has 2 aromatic heterocycles. The summed E-state index contributed by atoms with van der Waals surface area (Å²) in [7, 11) is 0. The van der Waals surface area contributed by atoms with Gasteiger partial charge in [0.25, 0.3) is 0 Å². The number of nitrogen functional groups attached to an aromatic ring is 1. The maximum atomic E-state index is 6.02. The van der Waals surface area contributed by atoms with Crippen molar-refractivity contribution in [1.82, 2.24) is 9.38 Å². The molecule has 0 unspecified atom stereocenters.